The van der Waals surface area contributed by atoms with Crippen LogP contribution in [0, 0.1) is 6.92 Å². The van der Waals surface area contributed by atoms with Gasteiger partial charge >= 0.3 is 0 Å². The predicted molar refractivity (Wildman–Crippen MR) is 57.4 cm³/mol. The third-order valence-corrected chi connectivity index (χ3v) is 2.51. The molecule has 2 nitrogen and oxygen atoms in total. The lowest BCUT2D eigenvalue weighted by atomic mass is 10.1. The molecular formula is C10H14BrNO. The number of hydroxylamine groups is 2. The van der Waals surface area contributed by atoms with E-state index in [1.165, 1.54) is 11.1 Å². The second kappa shape index (κ2) is 4.74. The van der Waals surface area contributed by atoms with Gasteiger partial charge in [-0.15, -0.1) is 0 Å². The molecule has 0 spiro atoms. The molecule has 0 unspecified atom stereocenters. The van der Waals surface area contributed by atoms with Crippen LogP contribution in [-0.2, 0) is 11.4 Å². The topological polar surface area (TPSA) is 12.5 Å². The Morgan fingerprint density at radius 2 is 2.15 bits per heavy atom. The van der Waals surface area contributed by atoms with E-state index < -0.39 is 0 Å². The Hall–Kier alpha value is -0.380. The maximum Gasteiger partial charge on any atom is 0.0575 e. The average Bonchev–Trinajstić information content (AvgIpc) is 2.11. The molecule has 0 aliphatic rings. The summed E-state index contributed by atoms with van der Waals surface area (Å²) in [4.78, 5) is 5.07. The third kappa shape index (κ3) is 3.10. The summed E-state index contributed by atoms with van der Waals surface area (Å²) in [5.41, 5.74) is 2.56. The van der Waals surface area contributed by atoms with Gasteiger partial charge in [-0.3, -0.25) is 0 Å². The molecule has 0 saturated heterocycles. The summed E-state index contributed by atoms with van der Waals surface area (Å²) in [5.74, 6) is 0. The molecule has 72 valence electrons. The van der Waals surface area contributed by atoms with Gasteiger partial charge in [-0.2, -0.15) is 5.06 Å². The van der Waals surface area contributed by atoms with Crippen LogP contribution in [0.2, 0.25) is 0 Å². The SMILES string of the molecule is CON(C)Cc1cc(Br)ccc1C. The van der Waals surface area contributed by atoms with Gasteiger partial charge in [0.1, 0.15) is 0 Å². The molecule has 0 saturated carbocycles. The summed E-state index contributed by atoms with van der Waals surface area (Å²) < 4.78 is 1.11. The van der Waals surface area contributed by atoms with Gasteiger partial charge in [0.15, 0.2) is 0 Å². The molecule has 0 atom stereocenters. The molecule has 0 aliphatic heterocycles. The van der Waals surface area contributed by atoms with E-state index in [0.717, 1.165) is 11.0 Å². The van der Waals surface area contributed by atoms with Crippen molar-refractivity contribution in [2.24, 2.45) is 0 Å². The molecule has 0 fully saturated rings. The first kappa shape index (κ1) is 10.7. The van der Waals surface area contributed by atoms with Gasteiger partial charge in [-0.1, -0.05) is 22.0 Å². The molecule has 3 heteroatoms. The van der Waals surface area contributed by atoms with E-state index in [4.69, 9.17) is 4.84 Å². The number of aryl methyl sites for hydroxylation is 1. The smallest absolute Gasteiger partial charge is 0.0575 e. The third-order valence-electron chi connectivity index (χ3n) is 2.02. The fourth-order valence-corrected chi connectivity index (χ4v) is 1.52. The number of hydrogen-bond donors (Lipinski definition) is 0. The highest BCUT2D eigenvalue weighted by molar-refractivity contribution is 9.10. The number of halogens is 1. The van der Waals surface area contributed by atoms with Crippen molar-refractivity contribution in [3.8, 4) is 0 Å². The Labute approximate surface area is 87.6 Å². The number of hydrogen-bond acceptors (Lipinski definition) is 2. The van der Waals surface area contributed by atoms with E-state index in [1.807, 2.05) is 13.1 Å². The first-order chi connectivity index (χ1) is 6.13. The van der Waals surface area contributed by atoms with E-state index in [1.54, 1.807) is 12.2 Å². The largest absolute Gasteiger partial charge is 0.302 e. The molecule has 0 aliphatic carbocycles. The lowest BCUT2D eigenvalue weighted by Crippen LogP contribution is -2.16. The van der Waals surface area contributed by atoms with E-state index in [0.29, 0.717) is 0 Å². The van der Waals surface area contributed by atoms with Crippen LogP contribution in [0.4, 0.5) is 0 Å². The van der Waals surface area contributed by atoms with E-state index in [2.05, 4.69) is 35.0 Å². The van der Waals surface area contributed by atoms with Crippen LogP contribution < -0.4 is 0 Å². The van der Waals surface area contributed by atoms with Crippen LogP contribution in [0.15, 0.2) is 22.7 Å². The van der Waals surface area contributed by atoms with Crippen LogP contribution in [0.5, 0.6) is 0 Å². The zero-order valence-electron chi connectivity index (χ0n) is 8.17. The highest BCUT2D eigenvalue weighted by atomic mass is 79.9. The summed E-state index contributed by atoms with van der Waals surface area (Å²) in [7, 11) is 3.59. The maximum absolute atomic E-state index is 5.07. The van der Waals surface area contributed by atoms with Gasteiger partial charge in [0.25, 0.3) is 0 Å². The zero-order chi connectivity index (χ0) is 9.84. The fraction of sp³-hybridized carbons (Fsp3) is 0.400. The molecule has 0 N–H and O–H groups in total. The average molecular weight is 244 g/mol. The van der Waals surface area contributed by atoms with E-state index >= 15 is 0 Å². The minimum atomic E-state index is 0.807. The van der Waals surface area contributed by atoms with Crippen LogP contribution >= 0.6 is 15.9 Å². The number of benzene rings is 1. The van der Waals surface area contributed by atoms with Gasteiger partial charge in [0, 0.05) is 18.1 Å². The molecule has 0 aromatic heterocycles. The second-order valence-corrected chi connectivity index (χ2v) is 3.96. The van der Waals surface area contributed by atoms with Crippen molar-refractivity contribution in [1.29, 1.82) is 0 Å². The van der Waals surface area contributed by atoms with Crippen LogP contribution in [-0.4, -0.2) is 19.2 Å². The van der Waals surface area contributed by atoms with Gasteiger partial charge in [-0.05, 0) is 30.2 Å². The van der Waals surface area contributed by atoms with Crippen molar-refractivity contribution in [3.63, 3.8) is 0 Å². The molecule has 1 aromatic carbocycles. The van der Waals surface area contributed by atoms with Crippen LogP contribution in [0.1, 0.15) is 11.1 Å². The fourth-order valence-electron chi connectivity index (χ4n) is 1.11. The van der Waals surface area contributed by atoms with Crippen molar-refractivity contribution in [2.45, 2.75) is 13.5 Å². The Morgan fingerprint density at radius 1 is 1.46 bits per heavy atom. The predicted octanol–water partition coefficient (Wildman–Crippen LogP) is 2.75. The molecule has 1 rings (SSSR count). The minimum absolute atomic E-state index is 0.807. The molecule has 0 amide bonds. The summed E-state index contributed by atoms with van der Waals surface area (Å²) in [6.07, 6.45) is 0. The van der Waals surface area contributed by atoms with Gasteiger partial charge in [-0.25, -0.2) is 0 Å². The first-order valence-electron chi connectivity index (χ1n) is 4.13. The van der Waals surface area contributed by atoms with Crippen molar-refractivity contribution < 1.29 is 4.84 Å². The van der Waals surface area contributed by atoms with Gasteiger partial charge in [0.05, 0.1) is 7.11 Å². The Balaban J connectivity index is 2.81. The summed E-state index contributed by atoms with van der Waals surface area (Å²) in [5, 5.41) is 1.80. The Bertz CT molecular complexity index is 288. The van der Waals surface area contributed by atoms with Gasteiger partial charge in [0.2, 0.25) is 0 Å². The second-order valence-electron chi connectivity index (χ2n) is 3.04. The van der Waals surface area contributed by atoms with Crippen molar-refractivity contribution in [2.75, 3.05) is 14.2 Å². The molecule has 1 aromatic rings. The number of rotatable bonds is 3. The number of nitrogens with zero attached hydrogens (tertiary/aromatic N) is 1. The Morgan fingerprint density at radius 3 is 2.77 bits per heavy atom. The lowest BCUT2D eigenvalue weighted by molar-refractivity contribution is -0.116. The van der Waals surface area contributed by atoms with Crippen LogP contribution in [0.25, 0.3) is 0 Å². The quantitative estimate of drug-likeness (QED) is 0.758. The first-order valence-corrected chi connectivity index (χ1v) is 4.93. The van der Waals surface area contributed by atoms with Crippen molar-refractivity contribution >= 4 is 15.9 Å². The monoisotopic (exact) mass is 243 g/mol. The molecule has 0 radical (unpaired) electrons. The summed E-state index contributed by atoms with van der Waals surface area (Å²) in [6, 6.07) is 6.26. The Kier molecular flexibility index (Phi) is 3.90. The van der Waals surface area contributed by atoms with Crippen LogP contribution in [0.3, 0.4) is 0 Å². The van der Waals surface area contributed by atoms with Crippen molar-refractivity contribution in [3.05, 3.63) is 33.8 Å². The lowest BCUT2D eigenvalue weighted by Gasteiger charge is -2.15. The summed E-state index contributed by atoms with van der Waals surface area (Å²) >= 11 is 3.45. The standard InChI is InChI=1S/C10H14BrNO/c1-8-4-5-10(11)6-9(8)7-12(2)13-3/h4-6H,7H2,1-3H3. The van der Waals surface area contributed by atoms with Gasteiger partial charge < -0.3 is 4.84 Å². The summed E-state index contributed by atoms with van der Waals surface area (Å²) in [6.45, 7) is 2.91. The highest BCUT2D eigenvalue weighted by Crippen LogP contribution is 2.17. The minimum Gasteiger partial charge on any atom is -0.302 e. The van der Waals surface area contributed by atoms with E-state index in [-0.39, 0.29) is 0 Å². The van der Waals surface area contributed by atoms with E-state index in [9.17, 15) is 0 Å². The molecular weight excluding hydrogens is 230 g/mol. The van der Waals surface area contributed by atoms with Crippen molar-refractivity contribution in [1.82, 2.24) is 5.06 Å². The maximum atomic E-state index is 5.07. The highest BCUT2D eigenvalue weighted by Gasteiger charge is 2.02. The normalized spacial score (nSPS) is 10.8. The zero-order valence-corrected chi connectivity index (χ0v) is 9.76. The molecule has 0 heterocycles. The molecule has 13 heavy (non-hydrogen) atoms. The molecule has 0 bridgehead atoms.